The molecule has 1 aromatic rings. The third-order valence-corrected chi connectivity index (χ3v) is 3.22. The fraction of sp³-hybridized carbons (Fsp3) is 0.500. The smallest absolute Gasteiger partial charge is 0.137 e. The molecular formula is C12H15BrO2. The van der Waals surface area contributed by atoms with E-state index in [4.69, 9.17) is 9.84 Å². The van der Waals surface area contributed by atoms with Gasteiger partial charge in [-0.25, -0.2) is 0 Å². The molecule has 1 unspecified atom stereocenters. The largest absolute Gasteiger partial charge is 0.489 e. The average Bonchev–Trinajstić information content (AvgIpc) is 2.56. The molecule has 1 N–H and O–H groups in total. The highest BCUT2D eigenvalue weighted by Gasteiger charge is 2.21. The van der Waals surface area contributed by atoms with Crippen molar-refractivity contribution in [1.82, 2.24) is 0 Å². The molecule has 0 fully saturated rings. The monoisotopic (exact) mass is 270 g/mol. The molecule has 1 aromatic carbocycles. The molecule has 82 valence electrons. The molecule has 0 saturated heterocycles. The fourth-order valence-electron chi connectivity index (χ4n) is 1.98. The molecule has 0 radical (unpaired) electrons. The van der Waals surface area contributed by atoms with Crippen molar-refractivity contribution in [3.63, 3.8) is 0 Å². The van der Waals surface area contributed by atoms with Crippen molar-refractivity contribution in [1.29, 1.82) is 0 Å². The molecule has 0 aromatic heterocycles. The number of hydrogen-bond acceptors (Lipinski definition) is 2. The number of ether oxygens (including phenoxy) is 1. The van der Waals surface area contributed by atoms with Gasteiger partial charge in [-0.05, 0) is 52.9 Å². The SMILES string of the molecule is CC1Cc2cc(CCCO)cc(Br)c2O1. The Kier molecular flexibility index (Phi) is 3.32. The lowest BCUT2D eigenvalue weighted by molar-refractivity contribution is 0.253. The van der Waals surface area contributed by atoms with E-state index in [9.17, 15) is 0 Å². The number of halogens is 1. The molecule has 0 bridgehead atoms. The van der Waals surface area contributed by atoms with E-state index in [0.29, 0.717) is 0 Å². The Morgan fingerprint density at radius 3 is 3.07 bits per heavy atom. The second-order valence-electron chi connectivity index (χ2n) is 4.03. The maximum atomic E-state index is 8.80. The Morgan fingerprint density at radius 1 is 1.53 bits per heavy atom. The number of benzene rings is 1. The maximum absolute atomic E-state index is 8.80. The summed E-state index contributed by atoms with van der Waals surface area (Å²) in [5, 5.41) is 8.80. The van der Waals surface area contributed by atoms with Gasteiger partial charge in [0, 0.05) is 13.0 Å². The zero-order valence-corrected chi connectivity index (χ0v) is 10.4. The number of aliphatic hydroxyl groups excluding tert-OH is 1. The molecule has 1 aliphatic heterocycles. The summed E-state index contributed by atoms with van der Waals surface area (Å²) in [5.41, 5.74) is 2.55. The van der Waals surface area contributed by atoms with Crippen LogP contribution in [0, 0.1) is 0 Å². The number of aryl methyl sites for hydroxylation is 1. The van der Waals surface area contributed by atoms with Crippen LogP contribution in [0.4, 0.5) is 0 Å². The van der Waals surface area contributed by atoms with Crippen LogP contribution in [0.1, 0.15) is 24.5 Å². The standard InChI is InChI=1S/C12H15BrO2/c1-8-5-10-6-9(3-2-4-14)7-11(13)12(10)15-8/h6-8,14H,2-5H2,1H3. The van der Waals surface area contributed by atoms with E-state index in [-0.39, 0.29) is 12.7 Å². The second-order valence-corrected chi connectivity index (χ2v) is 4.88. The van der Waals surface area contributed by atoms with Crippen LogP contribution < -0.4 is 4.74 Å². The van der Waals surface area contributed by atoms with Gasteiger partial charge in [0.05, 0.1) is 4.47 Å². The Hall–Kier alpha value is -0.540. The first-order valence-electron chi connectivity index (χ1n) is 5.29. The summed E-state index contributed by atoms with van der Waals surface area (Å²) in [6.45, 7) is 2.33. The molecule has 1 atom stereocenters. The van der Waals surface area contributed by atoms with Crippen LogP contribution in [0.5, 0.6) is 5.75 Å². The summed E-state index contributed by atoms with van der Waals surface area (Å²) in [4.78, 5) is 0. The molecule has 2 nitrogen and oxygen atoms in total. The van der Waals surface area contributed by atoms with Crippen LogP contribution in [0.15, 0.2) is 16.6 Å². The van der Waals surface area contributed by atoms with Gasteiger partial charge < -0.3 is 9.84 Å². The third kappa shape index (κ3) is 2.34. The van der Waals surface area contributed by atoms with E-state index in [2.05, 4.69) is 35.0 Å². The van der Waals surface area contributed by atoms with Crippen molar-refractivity contribution in [3.05, 3.63) is 27.7 Å². The zero-order chi connectivity index (χ0) is 10.8. The molecule has 1 aliphatic rings. The predicted octanol–water partition coefficient (Wildman–Crippen LogP) is 2.70. The quantitative estimate of drug-likeness (QED) is 0.915. The normalized spacial score (nSPS) is 18.7. The first kappa shape index (κ1) is 11.0. The summed E-state index contributed by atoms with van der Waals surface area (Å²) in [6, 6.07) is 4.28. The highest BCUT2D eigenvalue weighted by atomic mass is 79.9. The third-order valence-electron chi connectivity index (χ3n) is 2.63. The lowest BCUT2D eigenvalue weighted by atomic mass is 10.0. The molecule has 2 rings (SSSR count). The van der Waals surface area contributed by atoms with Gasteiger partial charge in [-0.15, -0.1) is 0 Å². The highest BCUT2D eigenvalue weighted by Crippen LogP contribution is 2.37. The summed E-state index contributed by atoms with van der Waals surface area (Å²) >= 11 is 3.53. The van der Waals surface area contributed by atoms with Gasteiger partial charge >= 0.3 is 0 Å². The maximum Gasteiger partial charge on any atom is 0.137 e. The lowest BCUT2D eigenvalue weighted by Gasteiger charge is -2.07. The van der Waals surface area contributed by atoms with Gasteiger partial charge in [-0.2, -0.15) is 0 Å². The molecule has 0 spiro atoms. The van der Waals surface area contributed by atoms with Crippen molar-refractivity contribution < 1.29 is 9.84 Å². The minimum atomic E-state index is 0.252. The zero-order valence-electron chi connectivity index (χ0n) is 8.79. The van der Waals surface area contributed by atoms with Crippen molar-refractivity contribution >= 4 is 15.9 Å². The Labute approximate surface area is 98.4 Å². The van der Waals surface area contributed by atoms with E-state index >= 15 is 0 Å². The Balaban J connectivity index is 2.23. The summed E-state index contributed by atoms with van der Waals surface area (Å²) in [6.07, 6.45) is 3.02. The number of hydrogen-bond donors (Lipinski definition) is 1. The summed E-state index contributed by atoms with van der Waals surface area (Å²) in [5.74, 6) is 0.996. The van der Waals surface area contributed by atoms with Gasteiger partial charge in [0.2, 0.25) is 0 Å². The molecule has 0 amide bonds. The number of aliphatic hydroxyl groups is 1. The molecular weight excluding hydrogens is 256 g/mol. The van der Waals surface area contributed by atoms with E-state index in [1.807, 2.05) is 0 Å². The topological polar surface area (TPSA) is 29.5 Å². The van der Waals surface area contributed by atoms with E-state index in [0.717, 1.165) is 29.5 Å². The fourth-order valence-corrected chi connectivity index (χ4v) is 2.62. The molecule has 0 aliphatic carbocycles. The van der Waals surface area contributed by atoms with Gasteiger partial charge in [0.15, 0.2) is 0 Å². The molecule has 0 saturated carbocycles. The summed E-state index contributed by atoms with van der Waals surface area (Å²) < 4.78 is 6.74. The van der Waals surface area contributed by atoms with Crippen LogP contribution in [0.25, 0.3) is 0 Å². The summed E-state index contributed by atoms with van der Waals surface area (Å²) in [7, 11) is 0. The van der Waals surface area contributed by atoms with Crippen LogP contribution >= 0.6 is 15.9 Å². The Bertz CT molecular complexity index is 363. The van der Waals surface area contributed by atoms with E-state index < -0.39 is 0 Å². The first-order chi connectivity index (χ1) is 7.20. The van der Waals surface area contributed by atoms with Crippen LogP contribution in [-0.2, 0) is 12.8 Å². The van der Waals surface area contributed by atoms with Crippen LogP contribution in [0.3, 0.4) is 0 Å². The minimum absolute atomic E-state index is 0.252. The van der Waals surface area contributed by atoms with Crippen LogP contribution in [0.2, 0.25) is 0 Å². The van der Waals surface area contributed by atoms with Gasteiger partial charge in [-0.1, -0.05) is 6.07 Å². The van der Waals surface area contributed by atoms with E-state index in [1.54, 1.807) is 0 Å². The molecule has 1 heterocycles. The average molecular weight is 271 g/mol. The number of rotatable bonds is 3. The van der Waals surface area contributed by atoms with Crippen molar-refractivity contribution in [2.45, 2.75) is 32.3 Å². The second kappa shape index (κ2) is 4.54. The first-order valence-corrected chi connectivity index (χ1v) is 6.09. The van der Waals surface area contributed by atoms with Crippen molar-refractivity contribution in [2.75, 3.05) is 6.61 Å². The van der Waals surface area contributed by atoms with Gasteiger partial charge in [-0.3, -0.25) is 0 Å². The highest BCUT2D eigenvalue weighted by molar-refractivity contribution is 9.10. The minimum Gasteiger partial charge on any atom is -0.489 e. The van der Waals surface area contributed by atoms with Crippen LogP contribution in [-0.4, -0.2) is 17.8 Å². The van der Waals surface area contributed by atoms with Gasteiger partial charge in [0.25, 0.3) is 0 Å². The van der Waals surface area contributed by atoms with Crippen molar-refractivity contribution in [3.8, 4) is 5.75 Å². The van der Waals surface area contributed by atoms with Crippen molar-refractivity contribution in [2.24, 2.45) is 0 Å². The van der Waals surface area contributed by atoms with Gasteiger partial charge in [0.1, 0.15) is 11.9 Å². The molecule has 15 heavy (non-hydrogen) atoms. The van der Waals surface area contributed by atoms with E-state index in [1.165, 1.54) is 11.1 Å². The lowest BCUT2D eigenvalue weighted by Crippen LogP contribution is -2.05. The predicted molar refractivity (Wildman–Crippen MR) is 63.3 cm³/mol. The molecule has 3 heteroatoms. The number of fused-ring (bicyclic) bond motifs is 1. The Morgan fingerprint density at radius 2 is 2.33 bits per heavy atom.